The van der Waals surface area contributed by atoms with Gasteiger partial charge in [-0.1, -0.05) is 30.3 Å². The van der Waals surface area contributed by atoms with E-state index in [4.69, 9.17) is 9.26 Å². The minimum absolute atomic E-state index is 0.0594. The third-order valence-electron chi connectivity index (χ3n) is 3.03. The number of nitrogens with zero attached hydrogens (tertiary/aromatic N) is 2. The first kappa shape index (κ1) is 15.0. The minimum Gasteiger partial charge on any atom is -0.496 e. The number of ether oxygens (including phenoxy) is 1. The number of aromatic nitrogens is 2. The topological polar surface area (TPSA) is 77.3 Å². The molecule has 0 aliphatic heterocycles. The quantitative estimate of drug-likeness (QED) is 0.883. The van der Waals surface area contributed by atoms with Crippen LogP contribution < -0.4 is 10.1 Å². The number of hydrogen-bond donors (Lipinski definition) is 1. The van der Waals surface area contributed by atoms with E-state index in [1.54, 1.807) is 14.0 Å². The molecular weight excluding hydrogens is 270 g/mol. The number of carbonyl (C=O) groups excluding carboxylic acids is 1. The van der Waals surface area contributed by atoms with Crippen molar-refractivity contribution in [1.82, 2.24) is 15.5 Å². The average molecular weight is 289 g/mol. The van der Waals surface area contributed by atoms with Gasteiger partial charge in [0, 0.05) is 18.9 Å². The number of amides is 1. The monoisotopic (exact) mass is 289 g/mol. The van der Waals surface area contributed by atoms with E-state index in [2.05, 4.69) is 15.5 Å². The maximum absolute atomic E-state index is 12.0. The van der Waals surface area contributed by atoms with Gasteiger partial charge in [-0.25, -0.2) is 0 Å². The fraction of sp³-hybridized carbons (Fsp3) is 0.400. The molecule has 0 unspecified atom stereocenters. The average Bonchev–Trinajstić information content (AvgIpc) is 2.91. The Balaban J connectivity index is 2.37. The molecule has 1 aromatic heterocycles. The van der Waals surface area contributed by atoms with E-state index in [0.29, 0.717) is 23.9 Å². The minimum atomic E-state index is -0.488. The van der Waals surface area contributed by atoms with Gasteiger partial charge in [0.1, 0.15) is 11.8 Å². The predicted octanol–water partition coefficient (Wildman–Crippen LogP) is 2.39. The van der Waals surface area contributed by atoms with Gasteiger partial charge < -0.3 is 14.6 Å². The summed E-state index contributed by atoms with van der Waals surface area (Å²) in [7, 11) is 1.59. The molecule has 1 N–H and O–H groups in total. The van der Waals surface area contributed by atoms with Crippen molar-refractivity contribution >= 4 is 5.91 Å². The molecule has 0 spiro atoms. The first-order chi connectivity index (χ1) is 10.2. The Bertz CT molecular complexity index is 610. The van der Waals surface area contributed by atoms with Gasteiger partial charge in [-0.05, 0) is 12.5 Å². The summed E-state index contributed by atoms with van der Waals surface area (Å²) in [5.74, 6) is 1.48. The number of benzene rings is 1. The number of carbonyl (C=O) groups is 1. The smallest absolute Gasteiger partial charge is 0.223 e. The van der Waals surface area contributed by atoms with Gasteiger partial charge in [0.15, 0.2) is 5.82 Å². The predicted molar refractivity (Wildman–Crippen MR) is 76.9 cm³/mol. The van der Waals surface area contributed by atoms with Crippen LogP contribution in [0.1, 0.15) is 43.1 Å². The van der Waals surface area contributed by atoms with Crippen LogP contribution in [-0.4, -0.2) is 23.2 Å². The van der Waals surface area contributed by atoms with Crippen LogP contribution in [0.2, 0.25) is 0 Å². The summed E-state index contributed by atoms with van der Waals surface area (Å²) in [5, 5.41) is 6.86. The molecule has 112 valence electrons. The van der Waals surface area contributed by atoms with Gasteiger partial charge in [-0.2, -0.15) is 4.98 Å². The summed E-state index contributed by atoms with van der Waals surface area (Å²) < 4.78 is 10.4. The summed E-state index contributed by atoms with van der Waals surface area (Å²) >= 11 is 0. The van der Waals surface area contributed by atoms with Gasteiger partial charge in [0.25, 0.3) is 0 Å². The Hall–Kier alpha value is -2.37. The lowest BCUT2D eigenvalue weighted by Gasteiger charge is -2.18. The Labute approximate surface area is 123 Å². The van der Waals surface area contributed by atoms with E-state index in [-0.39, 0.29) is 5.91 Å². The van der Waals surface area contributed by atoms with E-state index in [1.807, 2.05) is 31.2 Å². The molecule has 21 heavy (non-hydrogen) atoms. The highest BCUT2D eigenvalue weighted by Gasteiger charge is 2.24. The summed E-state index contributed by atoms with van der Waals surface area (Å²) in [4.78, 5) is 16.2. The fourth-order valence-corrected chi connectivity index (χ4v) is 2.08. The normalized spacial score (nSPS) is 12.0. The molecule has 0 aliphatic rings. The Morgan fingerprint density at radius 3 is 2.81 bits per heavy atom. The zero-order valence-corrected chi connectivity index (χ0v) is 12.4. The van der Waals surface area contributed by atoms with Crippen molar-refractivity contribution in [2.45, 2.75) is 32.7 Å². The lowest BCUT2D eigenvalue weighted by atomic mass is 10.0. The summed E-state index contributed by atoms with van der Waals surface area (Å²) in [6.45, 7) is 3.67. The third-order valence-corrected chi connectivity index (χ3v) is 3.03. The van der Waals surface area contributed by atoms with E-state index in [0.717, 1.165) is 12.0 Å². The van der Waals surface area contributed by atoms with Crippen molar-refractivity contribution in [2.75, 3.05) is 7.11 Å². The van der Waals surface area contributed by atoms with Crippen molar-refractivity contribution < 1.29 is 14.1 Å². The molecular formula is C15H19N3O3. The standard InChI is InChI=1S/C15H19N3O3/c1-4-7-13(19)17-14(15-16-10(2)21-18-15)11-8-5-6-9-12(11)20-3/h5-6,8-9,14H,4,7H2,1-3H3,(H,17,19)/t14-/m1/s1. The number of hydrogen-bond acceptors (Lipinski definition) is 5. The van der Waals surface area contributed by atoms with Crippen molar-refractivity contribution in [3.63, 3.8) is 0 Å². The molecule has 0 aliphatic carbocycles. The van der Waals surface area contributed by atoms with Crippen LogP contribution in [0.25, 0.3) is 0 Å². The molecule has 0 fully saturated rings. The second kappa shape index (κ2) is 6.88. The van der Waals surface area contributed by atoms with Gasteiger partial charge >= 0.3 is 0 Å². The van der Waals surface area contributed by atoms with Gasteiger partial charge in [0.05, 0.1) is 7.11 Å². The zero-order valence-electron chi connectivity index (χ0n) is 12.4. The molecule has 2 rings (SSSR count). The molecule has 0 saturated carbocycles. The maximum atomic E-state index is 12.0. The molecule has 6 nitrogen and oxygen atoms in total. The highest BCUT2D eigenvalue weighted by atomic mass is 16.5. The van der Waals surface area contributed by atoms with Crippen LogP contribution in [-0.2, 0) is 4.79 Å². The first-order valence-corrected chi connectivity index (χ1v) is 6.88. The number of methoxy groups -OCH3 is 1. The fourth-order valence-electron chi connectivity index (χ4n) is 2.08. The van der Waals surface area contributed by atoms with Crippen molar-refractivity contribution in [3.05, 3.63) is 41.5 Å². The number of para-hydroxylation sites is 1. The summed E-state index contributed by atoms with van der Waals surface area (Å²) in [6, 6.07) is 6.97. The van der Waals surface area contributed by atoms with Crippen LogP contribution in [0.15, 0.2) is 28.8 Å². The number of aryl methyl sites for hydroxylation is 1. The van der Waals surface area contributed by atoms with Crippen molar-refractivity contribution in [2.24, 2.45) is 0 Å². The van der Waals surface area contributed by atoms with Gasteiger partial charge in [0.2, 0.25) is 11.8 Å². The maximum Gasteiger partial charge on any atom is 0.223 e. The molecule has 2 aromatic rings. The van der Waals surface area contributed by atoms with E-state index in [9.17, 15) is 4.79 Å². The van der Waals surface area contributed by atoms with Crippen LogP contribution in [0.4, 0.5) is 0 Å². The highest BCUT2D eigenvalue weighted by molar-refractivity contribution is 5.76. The second-order valence-electron chi connectivity index (χ2n) is 4.66. The Morgan fingerprint density at radius 1 is 1.43 bits per heavy atom. The molecule has 1 aromatic carbocycles. The van der Waals surface area contributed by atoms with Crippen LogP contribution in [0.5, 0.6) is 5.75 Å². The molecule has 1 atom stereocenters. The van der Waals surface area contributed by atoms with Crippen molar-refractivity contribution in [1.29, 1.82) is 0 Å². The number of nitrogens with one attached hydrogen (secondary N) is 1. The third kappa shape index (κ3) is 3.59. The Morgan fingerprint density at radius 2 is 2.19 bits per heavy atom. The van der Waals surface area contributed by atoms with E-state index in [1.165, 1.54) is 0 Å². The molecule has 0 radical (unpaired) electrons. The Kier molecular flexibility index (Phi) is 4.92. The zero-order chi connectivity index (χ0) is 15.2. The van der Waals surface area contributed by atoms with E-state index >= 15 is 0 Å². The van der Waals surface area contributed by atoms with E-state index < -0.39 is 6.04 Å². The van der Waals surface area contributed by atoms with Crippen LogP contribution in [0, 0.1) is 6.92 Å². The van der Waals surface area contributed by atoms with Gasteiger partial charge in [-0.3, -0.25) is 4.79 Å². The van der Waals surface area contributed by atoms with Crippen LogP contribution in [0.3, 0.4) is 0 Å². The first-order valence-electron chi connectivity index (χ1n) is 6.88. The lowest BCUT2D eigenvalue weighted by Crippen LogP contribution is -2.30. The largest absolute Gasteiger partial charge is 0.496 e. The summed E-state index contributed by atoms with van der Waals surface area (Å²) in [5.41, 5.74) is 0.797. The molecule has 0 saturated heterocycles. The summed E-state index contributed by atoms with van der Waals surface area (Å²) in [6.07, 6.45) is 1.22. The van der Waals surface area contributed by atoms with Crippen LogP contribution >= 0.6 is 0 Å². The second-order valence-corrected chi connectivity index (χ2v) is 4.66. The molecule has 1 heterocycles. The number of rotatable bonds is 6. The molecule has 6 heteroatoms. The SMILES string of the molecule is CCCC(=O)N[C@@H](c1noc(C)n1)c1ccccc1OC. The highest BCUT2D eigenvalue weighted by Crippen LogP contribution is 2.28. The van der Waals surface area contributed by atoms with Crippen molar-refractivity contribution in [3.8, 4) is 5.75 Å². The van der Waals surface area contributed by atoms with Gasteiger partial charge in [-0.15, -0.1) is 0 Å². The molecule has 0 bridgehead atoms. The lowest BCUT2D eigenvalue weighted by molar-refractivity contribution is -0.121. The molecule has 1 amide bonds.